The molecule has 3 aliphatic rings. The number of carbonyl (C=O) groups excluding carboxylic acids is 4. The van der Waals surface area contributed by atoms with Crippen molar-refractivity contribution in [2.75, 3.05) is 44.7 Å². The van der Waals surface area contributed by atoms with Gasteiger partial charge in [-0.1, -0.05) is 12.1 Å². The Morgan fingerprint density at radius 3 is 2.42 bits per heavy atom. The third-order valence-electron chi connectivity index (χ3n) is 11.4. The molecule has 6 heterocycles. The van der Waals surface area contributed by atoms with Crippen molar-refractivity contribution in [3.63, 3.8) is 0 Å². The van der Waals surface area contributed by atoms with Gasteiger partial charge in [-0.15, -0.1) is 0 Å². The highest BCUT2D eigenvalue weighted by atomic mass is 79.9. The van der Waals surface area contributed by atoms with E-state index in [1.165, 1.54) is 0 Å². The minimum absolute atomic E-state index is 0.0850. The van der Waals surface area contributed by atoms with Crippen LogP contribution in [0.2, 0.25) is 0 Å². The van der Waals surface area contributed by atoms with Gasteiger partial charge in [-0.2, -0.15) is 5.10 Å². The number of H-pyrrole nitrogens is 1. The molecule has 0 spiro atoms. The third-order valence-corrected chi connectivity index (χ3v) is 12.0. The predicted molar refractivity (Wildman–Crippen MR) is 217 cm³/mol. The highest BCUT2D eigenvalue weighted by molar-refractivity contribution is 9.10. The fraction of sp³-hybridized carbons (Fsp3) is 0.390. The van der Waals surface area contributed by atoms with Crippen molar-refractivity contribution in [1.82, 2.24) is 45.2 Å². The maximum atomic E-state index is 13.8. The van der Waals surface area contributed by atoms with Gasteiger partial charge in [0, 0.05) is 75.4 Å². The van der Waals surface area contributed by atoms with Crippen molar-refractivity contribution >= 4 is 56.4 Å². The summed E-state index contributed by atoms with van der Waals surface area (Å²) in [6.45, 7) is 6.89. The molecule has 3 aromatic heterocycles. The first-order valence-electron chi connectivity index (χ1n) is 19.2. The maximum absolute atomic E-state index is 13.8. The predicted octanol–water partition coefficient (Wildman–Crippen LogP) is 4.67. The van der Waals surface area contributed by atoms with Crippen molar-refractivity contribution in [1.29, 1.82) is 0 Å². The highest BCUT2D eigenvalue weighted by Gasteiger charge is 2.38. The number of nitrogens with one attached hydrogen (secondary N) is 3. The molecule has 5 aromatic rings. The monoisotopic (exact) mass is 836 g/mol. The molecular weight excluding hydrogens is 792 g/mol. The normalized spacial score (nSPS) is 20.1. The quantitative estimate of drug-likeness (QED) is 0.187. The van der Waals surface area contributed by atoms with Gasteiger partial charge in [0.05, 0.1) is 21.6 Å². The lowest BCUT2D eigenvalue weighted by atomic mass is 9.88. The molecule has 3 fully saturated rings. The zero-order valence-electron chi connectivity index (χ0n) is 32.3. The number of aryl methyl sites for hydroxylation is 2. The van der Waals surface area contributed by atoms with Crippen LogP contribution in [0.5, 0.6) is 11.5 Å². The Balaban J connectivity index is 0.870. The lowest BCUT2D eigenvalue weighted by Crippen LogP contribution is -2.62. The molecule has 3 saturated heterocycles. The summed E-state index contributed by atoms with van der Waals surface area (Å²) in [6.07, 6.45) is 5.93. The number of amides is 4. The SMILES string of the molecule is Cc1nn(C)cc1-c1nc2ncc(Br)c(Oc3ccc(C(=O)N4CCN(C)C(C(=O)NC5(C)CCN(c6ccc([C@@H]7CCC(=O)NC7=O)cc6)CC5)C4)cc3)c2[nH]1. The number of aromatic amines is 1. The molecule has 57 heavy (non-hydrogen) atoms. The number of piperazine rings is 1. The van der Waals surface area contributed by atoms with Crippen molar-refractivity contribution in [2.24, 2.45) is 7.05 Å². The van der Waals surface area contributed by atoms with Crippen LogP contribution in [-0.2, 0) is 21.4 Å². The minimum Gasteiger partial charge on any atom is -0.454 e. The van der Waals surface area contributed by atoms with E-state index in [1.54, 1.807) is 40.0 Å². The topological polar surface area (TPSA) is 171 Å². The molecule has 3 N–H and O–H groups in total. The summed E-state index contributed by atoms with van der Waals surface area (Å²) < 4.78 is 8.69. The molecule has 0 aliphatic carbocycles. The number of benzene rings is 2. The molecular formula is C41H45BrN10O5. The van der Waals surface area contributed by atoms with Crippen molar-refractivity contribution in [3.8, 4) is 22.9 Å². The molecule has 3 aliphatic heterocycles. The molecule has 0 saturated carbocycles. The van der Waals surface area contributed by atoms with Gasteiger partial charge >= 0.3 is 0 Å². The molecule has 4 amide bonds. The Morgan fingerprint density at radius 1 is 1.00 bits per heavy atom. The van der Waals surface area contributed by atoms with E-state index in [0.717, 1.165) is 48.4 Å². The van der Waals surface area contributed by atoms with E-state index in [-0.39, 0.29) is 36.1 Å². The number of pyridine rings is 1. The second-order valence-electron chi connectivity index (χ2n) is 15.5. The molecule has 15 nitrogen and oxygen atoms in total. The second kappa shape index (κ2) is 15.4. The number of imide groups is 1. The van der Waals surface area contributed by atoms with Gasteiger partial charge in [-0.3, -0.25) is 34.1 Å². The molecule has 0 bridgehead atoms. The van der Waals surface area contributed by atoms with Crippen LogP contribution >= 0.6 is 15.9 Å². The van der Waals surface area contributed by atoms with E-state index < -0.39 is 11.6 Å². The number of piperidine rings is 2. The Kier molecular flexibility index (Phi) is 10.3. The van der Waals surface area contributed by atoms with Gasteiger partial charge in [0.2, 0.25) is 17.7 Å². The molecule has 8 rings (SSSR count). The molecule has 0 radical (unpaired) electrons. The van der Waals surface area contributed by atoms with Gasteiger partial charge in [-0.25, -0.2) is 9.97 Å². The van der Waals surface area contributed by atoms with Crippen LogP contribution in [0.1, 0.15) is 60.1 Å². The number of fused-ring (bicyclic) bond motifs is 1. The highest BCUT2D eigenvalue weighted by Crippen LogP contribution is 2.37. The number of imidazole rings is 1. The van der Waals surface area contributed by atoms with Crippen LogP contribution in [0.15, 0.2) is 65.4 Å². The average molecular weight is 838 g/mol. The Morgan fingerprint density at radius 2 is 1.74 bits per heavy atom. The van der Waals surface area contributed by atoms with Gasteiger partial charge in [0.1, 0.15) is 23.1 Å². The number of hydrogen-bond donors (Lipinski definition) is 3. The zero-order chi connectivity index (χ0) is 40.0. The van der Waals surface area contributed by atoms with Gasteiger partial charge < -0.3 is 24.8 Å². The number of likely N-dealkylation sites (N-methyl/N-ethyl adjacent to an activating group) is 1. The molecule has 2 aromatic carbocycles. The van der Waals surface area contributed by atoms with E-state index in [1.807, 2.05) is 56.4 Å². The van der Waals surface area contributed by atoms with Crippen molar-refractivity contribution in [2.45, 2.75) is 57.0 Å². The molecule has 2 atom stereocenters. The smallest absolute Gasteiger partial charge is 0.253 e. The Hall–Kier alpha value is -5.61. The van der Waals surface area contributed by atoms with Gasteiger partial charge in [0.25, 0.3) is 5.91 Å². The summed E-state index contributed by atoms with van der Waals surface area (Å²) in [5.41, 5.74) is 4.92. The largest absolute Gasteiger partial charge is 0.454 e. The summed E-state index contributed by atoms with van der Waals surface area (Å²) in [6, 6.07) is 14.5. The lowest BCUT2D eigenvalue weighted by molar-refractivity contribution is -0.134. The number of hydrogen-bond acceptors (Lipinski definition) is 10. The van der Waals surface area contributed by atoms with Crippen LogP contribution in [0, 0.1) is 6.92 Å². The van der Waals surface area contributed by atoms with E-state index in [0.29, 0.717) is 64.5 Å². The van der Waals surface area contributed by atoms with Crippen LogP contribution in [0.4, 0.5) is 5.69 Å². The molecule has 296 valence electrons. The zero-order valence-corrected chi connectivity index (χ0v) is 33.9. The fourth-order valence-corrected chi connectivity index (χ4v) is 8.35. The number of ether oxygens (including phenoxy) is 1. The van der Waals surface area contributed by atoms with Crippen LogP contribution in [0.3, 0.4) is 0 Å². The lowest BCUT2D eigenvalue weighted by Gasteiger charge is -2.44. The van der Waals surface area contributed by atoms with E-state index >= 15 is 0 Å². The summed E-state index contributed by atoms with van der Waals surface area (Å²) in [5.74, 6) is 0.698. The van der Waals surface area contributed by atoms with Crippen molar-refractivity contribution < 1.29 is 23.9 Å². The number of halogens is 1. The van der Waals surface area contributed by atoms with Crippen LogP contribution in [-0.4, -0.2) is 110 Å². The van der Waals surface area contributed by atoms with Gasteiger partial charge in [0.15, 0.2) is 11.4 Å². The summed E-state index contributed by atoms with van der Waals surface area (Å²) >= 11 is 3.57. The number of aromatic nitrogens is 5. The van der Waals surface area contributed by atoms with E-state index in [4.69, 9.17) is 4.74 Å². The number of rotatable bonds is 8. The number of nitrogens with zero attached hydrogens (tertiary/aromatic N) is 7. The van der Waals surface area contributed by atoms with E-state index in [2.05, 4.69) is 58.4 Å². The van der Waals surface area contributed by atoms with Crippen LogP contribution < -0.4 is 20.3 Å². The average Bonchev–Trinajstić information content (AvgIpc) is 3.78. The van der Waals surface area contributed by atoms with Gasteiger partial charge in [-0.05, 0) is 98.0 Å². The van der Waals surface area contributed by atoms with Crippen LogP contribution in [0.25, 0.3) is 22.6 Å². The van der Waals surface area contributed by atoms with Crippen molar-refractivity contribution in [3.05, 3.63) is 82.2 Å². The summed E-state index contributed by atoms with van der Waals surface area (Å²) in [7, 11) is 3.79. The van der Waals surface area contributed by atoms with E-state index in [9.17, 15) is 19.2 Å². The fourth-order valence-electron chi connectivity index (χ4n) is 7.97. The third kappa shape index (κ3) is 7.88. The molecule has 16 heteroatoms. The maximum Gasteiger partial charge on any atom is 0.253 e. The Labute approximate surface area is 338 Å². The minimum atomic E-state index is -0.485. The first kappa shape index (κ1) is 38.3. The first-order valence-corrected chi connectivity index (χ1v) is 20.0. The molecule has 1 unspecified atom stereocenters. The summed E-state index contributed by atoms with van der Waals surface area (Å²) in [5, 5.41) is 10.2. The number of carbonyl (C=O) groups is 4. The second-order valence-corrected chi connectivity index (χ2v) is 16.4. The number of anilines is 1. The standard InChI is InChI=1S/C41H45BrN10O5/c1-24-30(22-50(4)48-24)36-45-34-35(31(42)21-43-37(34)46-36)57-28-11-7-26(8-12-28)40(56)52-20-19-49(3)32(23-52)39(55)47-41(2)15-17-51(18-16-41)27-9-5-25(6-10-27)29-13-14-33(53)44-38(29)54/h5-12,21-22,29,32H,13-20,23H2,1-4H3,(H,47,55)(H,43,45,46)(H,44,53,54)/t29-,32?/m0/s1. The first-order chi connectivity index (χ1) is 27.3. The summed E-state index contributed by atoms with van der Waals surface area (Å²) in [4.78, 5) is 70.0. The Bertz CT molecular complexity index is 2350.